The number of fused-ring (bicyclic) bond motifs is 1. The van der Waals surface area contributed by atoms with Crippen LogP contribution in [0.5, 0.6) is 5.75 Å². The molecule has 5 heteroatoms. The Hall–Kier alpha value is -3.34. The molecule has 3 aromatic carbocycles. The SMILES string of the molecule is C[C@H](NC(=O)c1ccc2ccccc2c1OCCCc1ccccc1)C(=O)O. The molecule has 0 unspecified atom stereocenters. The van der Waals surface area contributed by atoms with Crippen molar-refractivity contribution in [2.75, 3.05) is 6.61 Å². The normalized spacial score (nSPS) is 11.8. The number of benzene rings is 3. The molecular formula is C23H23NO4. The number of carbonyl (C=O) groups is 2. The van der Waals surface area contributed by atoms with Crippen molar-refractivity contribution in [1.29, 1.82) is 0 Å². The number of aliphatic carboxylic acids is 1. The van der Waals surface area contributed by atoms with Crippen LogP contribution < -0.4 is 10.1 Å². The van der Waals surface area contributed by atoms with Gasteiger partial charge in [0.15, 0.2) is 0 Å². The summed E-state index contributed by atoms with van der Waals surface area (Å²) in [5.41, 5.74) is 1.57. The van der Waals surface area contributed by atoms with Crippen molar-refractivity contribution >= 4 is 22.6 Å². The van der Waals surface area contributed by atoms with Crippen molar-refractivity contribution in [3.63, 3.8) is 0 Å². The zero-order chi connectivity index (χ0) is 19.9. The van der Waals surface area contributed by atoms with Gasteiger partial charge in [0, 0.05) is 5.39 Å². The minimum atomic E-state index is -1.08. The summed E-state index contributed by atoms with van der Waals surface area (Å²) in [5.74, 6) is -1.06. The van der Waals surface area contributed by atoms with E-state index in [0.717, 1.165) is 23.6 Å². The predicted octanol–water partition coefficient (Wildman–Crippen LogP) is 4.05. The van der Waals surface area contributed by atoms with Gasteiger partial charge in [-0.15, -0.1) is 0 Å². The molecule has 0 aliphatic heterocycles. The fraction of sp³-hybridized carbons (Fsp3) is 0.217. The number of amides is 1. The number of carboxylic acid groups (broad SMARTS) is 1. The molecule has 0 aliphatic rings. The second-order valence-electron chi connectivity index (χ2n) is 6.63. The van der Waals surface area contributed by atoms with Crippen LogP contribution in [0.4, 0.5) is 0 Å². The molecule has 28 heavy (non-hydrogen) atoms. The van der Waals surface area contributed by atoms with Crippen LogP contribution in [0.3, 0.4) is 0 Å². The summed E-state index contributed by atoms with van der Waals surface area (Å²) in [6, 6.07) is 20.4. The monoisotopic (exact) mass is 377 g/mol. The molecule has 5 nitrogen and oxygen atoms in total. The third-order valence-electron chi connectivity index (χ3n) is 4.54. The highest BCUT2D eigenvalue weighted by molar-refractivity contribution is 6.04. The first-order valence-electron chi connectivity index (χ1n) is 9.28. The van der Waals surface area contributed by atoms with Crippen molar-refractivity contribution in [2.45, 2.75) is 25.8 Å². The van der Waals surface area contributed by atoms with Crippen LogP contribution in [0.25, 0.3) is 10.8 Å². The standard InChI is InChI=1S/C23H23NO4/c1-16(23(26)27)24-22(25)20-14-13-18-11-5-6-12-19(18)21(20)28-15-7-10-17-8-3-2-4-9-17/h2-6,8-9,11-14,16H,7,10,15H2,1H3,(H,24,25)(H,26,27)/t16-/m0/s1. The lowest BCUT2D eigenvalue weighted by Crippen LogP contribution is -2.38. The maximum Gasteiger partial charge on any atom is 0.325 e. The minimum absolute atomic E-state index is 0.339. The van der Waals surface area contributed by atoms with Crippen LogP contribution in [0.2, 0.25) is 0 Å². The van der Waals surface area contributed by atoms with Gasteiger partial charge in [-0.25, -0.2) is 0 Å². The maximum atomic E-state index is 12.6. The van der Waals surface area contributed by atoms with Crippen molar-refractivity contribution in [3.8, 4) is 5.75 Å². The zero-order valence-electron chi connectivity index (χ0n) is 15.7. The van der Waals surface area contributed by atoms with Gasteiger partial charge in [0.05, 0.1) is 12.2 Å². The summed E-state index contributed by atoms with van der Waals surface area (Å²) < 4.78 is 6.03. The number of ether oxygens (including phenoxy) is 1. The molecule has 0 heterocycles. The first kappa shape index (κ1) is 19.4. The van der Waals surface area contributed by atoms with Crippen molar-refractivity contribution in [3.05, 3.63) is 77.9 Å². The maximum absolute atomic E-state index is 12.6. The molecule has 0 radical (unpaired) electrons. The Bertz CT molecular complexity index is 969. The number of hydrogen-bond donors (Lipinski definition) is 2. The molecule has 0 saturated heterocycles. The molecule has 144 valence electrons. The number of carboxylic acids is 1. The van der Waals surface area contributed by atoms with E-state index in [1.807, 2.05) is 48.5 Å². The summed E-state index contributed by atoms with van der Waals surface area (Å²) >= 11 is 0. The van der Waals surface area contributed by atoms with E-state index in [0.29, 0.717) is 17.9 Å². The first-order chi connectivity index (χ1) is 13.6. The van der Waals surface area contributed by atoms with Crippen molar-refractivity contribution < 1.29 is 19.4 Å². The Morgan fingerprint density at radius 2 is 1.71 bits per heavy atom. The second kappa shape index (κ2) is 9.04. The average molecular weight is 377 g/mol. The largest absolute Gasteiger partial charge is 0.492 e. The van der Waals surface area contributed by atoms with Crippen molar-refractivity contribution in [1.82, 2.24) is 5.32 Å². The number of aryl methyl sites for hydroxylation is 1. The van der Waals surface area contributed by atoms with Gasteiger partial charge in [-0.1, -0.05) is 60.7 Å². The molecule has 1 atom stereocenters. The summed E-state index contributed by atoms with van der Waals surface area (Å²) in [6.07, 6.45) is 1.68. The van der Waals surface area contributed by atoms with E-state index in [1.165, 1.54) is 12.5 Å². The number of carbonyl (C=O) groups excluding carboxylic acids is 1. The van der Waals surface area contributed by atoms with E-state index in [1.54, 1.807) is 6.07 Å². The van der Waals surface area contributed by atoms with E-state index >= 15 is 0 Å². The average Bonchev–Trinajstić information content (AvgIpc) is 2.71. The molecule has 2 N–H and O–H groups in total. The Balaban J connectivity index is 1.79. The third-order valence-corrected chi connectivity index (χ3v) is 4.54. The molecule has 0 spiro atoms. The second-order valence-corrected chi connectivity index (χ2v) is 6.63. The zero-order valence-corrected chi connectivity index (χ0v) is 15.7. The highest BCUT2D eigenvalue weighted by Crippen LogP contribution is 2.30. The number of rotatable bonds is 8. The Labute approximate surface area is 164 Å². The fourth-order valence-electron chi connectivity index (χ4n) is 3.01. The molecule has 0 fully saturated rings. The van der Waals surface area contributed by atoms with Gasteiger partial charge in [-0.2, -0.15) is 0 Å². The molecule has 0 bridgehead atoms. The van der Waals surface area contributed by atoms with Crippen molar-refractivity contribution in [2.24, 2.45) is 0 Å². The van der Waals surface area contributed by atoms with Crippen LogP contribution in [0.15, 0.2) is 66.7 Å². The summed E-state index contributed by atoms with van der Waals surface area (Å²) in [4.78, 5) is 23.7. The molecule has 0 aliphatic carbocycles. The van der Waals surface area contributed by atoms with Crippen LogP contribution in [-0.2, 0) is 11.2 Å². The van der Waals surface area contributed by atoms with Gasteiger partial charge in [-0.05, 0) is 36.8 Å². The lowest BCUT2D eigenvalue weighted by Gasteiger charge is -2.16. The molecule has 0 saturated carbocycles. The van der Waals surface area contributed by atoms with Gasteiger partial charge in [0.25, 0.3) is 5.91 Å². The van der Waals surface area contributed by atoms with Gasteiger partial charge in [0.1, 0.15) is 11.8 Å². The first-order valence-corrected chi connectivity index (χ1v) is 9.28. The van der Waals surface area contributed by atoms with Crippen LogP contribution in [0.1, 0.15) is 29.3 Å². The number of hydrogen-bond acceptors (Lipinski definition) is 3. The topological polar surface area (TPSA) is 75.6 Å². The molecular weight excluding hydrogens is 354 g/mol. The summed E-state index contributed by atoms with van der Waals surface area (Å²) in [6.45, 7) is 1.89. The van der Waals surface area contributed by atoms with Gasteiger partial charge >= 0.3 is 5.97 Å². The molecule has 3 rings (SSSR count). The molecule has 3 aromatic rings. The third kappa shape index (κ3) is 4.68. The van der Waals surface area contributed by atoms with Crippen LogP contribution >= 0.6 is 0 Å². The Morgan fingerprint density at radius 1 is 1.00 bits per heavy atom. The van der Waals surface area contributed by atoms with Gasteiger partial charge in [0.2, 0.25) is 0 Å². The van der Waals surface area contributed by atoms with Crippen LogP contribution in [0, 0.1) is 0 Å². The smallest absolute Gasteiger partial charge is 0.325 e. The minimum Gasteiger partial charge on any atom is -0.492 e. The Kier molecular flexibility index (Phi) is 6.27. The lowest BCUT2D eigenvalue weighted by atomic mass is 10.0. The van der Waals surface area contributed by atoms with E-state index < -0.39 is 17.9 Å². The molecule has 1 amide bonds. The number of nitrogens with one attached hydrogen (secondary N) is 1. The highest BCUT2D eigenvalue weighted by atomic mass is 16.5. The lowest BCUT2D eigenvalue weighted by molar-refractivity contribution is -0.138. The van der Waals surface area contributed by atoms with E-state index in [4.69, 9.17) is 9.84 Å². The van der Waals surface area contributed by atoms with E-state index in [2.05, 4.69) is 17.4 Å². The van der Waals surface area contributed by atoms with Gasteiger partial charge < -0.3 is 15.2 Å². The van der Waals surface area contributed by atoms with Crippen LogP contribution in [-0.4, -0.2) is 29.6 Å². The fourth-order valence-corrected chi connectivity index (χ4v) is 3.01. The Morgan fingerprint density at radius 3 is 2.46 bits per heavy atom. The highest BCUT2D eigenvalue weighted by Gasteiger charge is 2.20. The quantitative estimate of drug-likeness (QED) is 0.581. The summed E-state index contributed by atoms with van der Waals surface area (Å²) in [5, 5.41) is 13.3. The molecule has 0 aromatic heterocycles. The van der Waals surface area contributed by atoms with E-state index in [9.17, 15) is 9.59 Å². The van der Waals surface area contributed by atoms with Gasteiger partial charge in [-0.3, -0.25) is 9.59 Å². The van der Waals surface area contributed by atoms with E-state index in [-0.39, 0.29) is 0 Å². The predicted molar refractivity (Wildman–Crippen MR) is 109 cm³/mol. The summed E-state index contributed by atoms with van der Waals surface area (Å²) in [7, 11) is 0.